The summed E-state index contributed by atoms with van der Waals surface area (Å²) in [6, 6.07) is 12.7. The van der Waals surface area contributed by atoms with Crippen LogP contribution in [0.25, 0.3) is 0 Å². The fourth-order valence-electron chi connectivity index (χ4n) is 2.97. The van der Waals surface area contributed by atoms with Crippen LogP contribution in [0.5, 0.6) is 0 Å². The molecule has 0 bridgehead atoms. The van der Waals surface area contributed by atoms with Crippen LogP contribution in [0.3, 0.4) is 0 Å². The van der Waals surface area contributed by atoms with Crippen LogP contribution in [-0.2, 0) is 24.4 Å². The minimum absolute atomic E-state index is 0. The molecule has 0 spiro atoms. The number of hydrogen-bond acceptors (Lipinski definition) is 4. The molecule has 6 heteroatoms. The molecule has 4 N–H and O–H groups in total. The van der Waals surface area contributed by atoms with E-state index in [1.54, 1.807) is 4.90 Å². The molecular weight excluding hydrogens is 364 g/mol. The van der Waals surface area contributed by atoms with Gasteiger partial charge in [-0.15, -0.1) is 12.4 Å². The van der Waals surface area contributed by atoms with Crippen molar-refractivity contribution in [3.05, 3.63) is 70.3 Å². The largest absolute Gasteiger partial charge is 0.394 e. The fraction of sp³-hybridized carbons (Fsp3) is 0.286. The Morgan fingerprint density at radius 3 is 2.41 bits per heavy atom. The Labute approximate surface area is 165 Å². The maximum absolute atomic E-state index is 12.1. The van der Waals surface area contributed by atoms with E-state index in [0.717, 1.165) is 28.7 Å². The zero-order valence-electron chi connectivity index (χ0n) is 14.9. The first-order chi connectivity index (χ1) is 12.6. The van der Waals surface area contributed by atoms with E-state index in [2.05, 4.69) is 17.9 Å². The van der Waals surface area contributed by atoms with Gasteiger partial charge in [0.15, 0.2) is 0 Å². The molecule has 0 saturated carbocycles. The summed E-state index contributed by atoms with van der Waals surface area (Å²) in [4.78, 5) is 13.8. The Kier molecular flexibility index (Phi) is 7.40. The standard InChI is InChI=1S/C21H22N2O3.ClH/c22-20(14-25)21(26)23-10-9-18-11-16(7-8-19(18)12-23)4-1-15-2-5-17(13-24)6-3-15;/h2-3,5-8,11,20,24-25H,9-10,12-14,22H2;1H/t20-;/m1./s1. The molecule has 3 rings (SSSR count). The average Bonchev–Trinajstić information content (AvgIpc) is 2.70. The molecule has 142 valence electrons. The number of amides is 1. The van der Waals surface area contributed by atoms with E-state index in [4.69, 9.17) is 15.9 Å². The minimum atomic E-state index is -0.848. The fourth-order valence-corrected chi connectivity index (χ4v) is 2.97. The van der Waals surface area contributed by atoms with Crippen molar-refractivity contribution in [2.75, 3.05) is 13.2 Å². The van der Waals surface area contributed by atoms with Crippen LogP contribution in [0, 0.1) is 11.8 Å². The smallest absolute Gasteiger partial charge is 0.242 e. The van der Waals surface area contributed by atoms with E-state index in [1.165, 1.54) is 5.56 Å². The average molecular weight is 387 g/mol. The third-order valence-corrected chi connectivity index (χ3v) is 4.53. The van der Waals surface area contributed by atoms with Crippen molar-refractivity contribution in [3.8, 4) is 11.8 Å². The Bertz CT molecular complexity index is 856. The number of fused-ring (bicyclic) bond motifs is 1. The number of nitrogens with two attached hydrogens (primary N) is 1. The van der Waals surface area contributed by atoms with E-state index in [1.807, 2.05) is 36.4 Å². The number of carbonyl (C=O) groups excluding carboxylic acids is 1. The molecule has 1 heterocycles. The lowest BCUT2D eigenvalue weighted by Crippen LogP contribution is -2.47. The summed E-state index contributed by atoms with van der Waals surface area (Å²) in [6.07, 6.45) is 0.750. The molecule has 0 aliphatic carbocycles. The van der Waals surface area contributed by atoms with Gasteiger partial charge in [0.25, 0.3) is 0 Å². The second kappa shape index (κ2) is 9.54. The van der Waals surface area contributed by atoms with Crippen molar-refractivity contribution in [1.82, 2.24) is 4.90 Å². The maximum atomic E-state index is 12.1. The molecule has 27 heavy (non-hydrogen) atoms. The van der Waals surface area contributed by atoms with Crippen molar-refractivity contribution in [1.29, 1.82) is 0 Å². The quantitative estimate of drug-likeness (QED) is 0.692. The molecule has 0 unspecified atom stereocenters. The Morgan fingerprint density at radius 1 is 1.07 bits per heavy atom. The number of nitrogens with zero attached hydrogens (tertiary/aromatic N) is 1. The van der Waals surface area contributed by atoms with Crippen LogP contribution in [-0.4, -0.2) is 40.2 Å². The number of aliphatic hydroxyl groups is 2. The van der Waals surface area contributed by atoms with Gasteiger partial charge in [-0.2, -0.15) is 0 Å². The van der Waals surface area contributed by atoms with E-state index in [0.29, 0.717) is 13.1 Å². The zero-order chi connectivity index (χ0) is 18.5. The van der Waals surface area contributed by atoms with Gasteiger partial charge in [0.1, 0.15) is 6.04 Å². The molecule has 2 aromatic rings. The lowest BCUT2D eigenvalue weighted by molar-refractivity contribution is -0.134. The summed E-state index contributed by atoms with van der Waals surface area (Å²) >= 11 is 0. The summed E-state index contributed by atoms with van der Waals surface area (Å²) in [5.41, 5.74) is 10.6. The maximum Gasteiger partial charge on any atom is 0.242 e. The molecule has 0 radical (unpaired) electrons. The Morgan fingerprint density at radius 2 is 1.74 bits per heavy atom. The lowest BCUT2D eigenvalue weighted by Gasteiger charge is -2.30. The normalized spacial score (nSPS) is 13.7. The van der Waals surface area contributed by atoms with Gasteiger partial charge in [0, 0.05) is 24.2 Å². The highest BCUT2D eigenvalue weighted by atomic mass is 35.5. The lowest BCUT2D eigenvalue weighted by atomic mass is 9.97. The number of carbonyl (C=O) groups is 1. The number of rotatable bonds is 3. The number of halogens is 1. The molecule has 1 aliphatic heterocycles. The molecule has 0 fully saturated rings. The Hall–Kier alpha value is -2.36. The van der Waals surface area contributed by atoms with Gasteiger partial charge in [-0.25, -0.2) is 0 Å². The van der Waals surface area contributed by atoms with E-state index in [-0.39, 0.29) is 31.5 Å². The Balaban J connectivity index is 0.00000261. The summed E-state index contributed by atoms with van der Waals surface area (Å²) in [5.74, 6) is 6.08. The summed E-state index contributed by atoms with van der Waals surface area (Å²) in [7, 11) is 0. The van der Waals surface area contributed by atoms with Crippen molar-refractivity contribution in [3.63, 3.8) is 0 Å². The molecule has 0 aromatic heterocycles. The van der Waals surface area contributed by atoms with Crippen LogP contribution in [0.4, 0.5) is 0 Å². The molecule has 0 saturated heterocycles. The van der Waals surface area contributed by atoms with Crippen LogP contribution >= 0.6 is 12.4 Å². The van der Waals surface area contributed by atoms with Crippen LogP contribution in [0.15, 0.2) is 42.5 Å². The minimum Gasteiger partial charge on any atom is -0.394 e. The van der Waals surface area contributed by atoms with Gasteiger partial charge in [0.05, 0.1) is 13.2 Å². The number of benzene rings is 2. The first-order valence-corrected chi connectivity index (χ1v) is 8.59. The first kappa shape index (κ1) is 20.9. The van der Waals surface area contributed by atoms with E-state index in [9.17, 15) is 4.79 Å². The summed E-state index contributed by atoms with van der Waals surface area (Å²) < 4.78 is 0. The second-order valence-corrected chi connectivity index (χ2v) is 6.39. The van der Waals surface area contributed by atoms with E-state index < -0.39 is 6.04 Å². The van der Waals surface area contributed by atoms with Gasteiger partial charge in [-0.3, -0.25) is 4.79 Å². The van der Waals surface area contributed by atoms with Gasteiger partial charge in [0.2, 0.25) is 5.91 Å². The van der Waals surface area contributed by atoms with Crippen LogP contribution in [0.1, 0.15) is 27.8 Å². The summed E-state index contributed by atoms with van der Waals surface area (Å²) in [6.45, 7) is 0.800. The van der Waals surface area contributed by atoms with Crippen molar-refractivity contribution in [2.24, 2.45) is 5.73 Å². The van der Waals surface area contributed by atoms with Gasteiger partial charge in [-0.1, -0.05) is 30.0 Å². The highest BCUT2D eigenvalue weighted by Gasteiger charge is 2.24. The number of aliphatic hydroxyl groups excluding tert-OH is 2. The second-order valence-electron chi connectivity index (χ2n) is 6.39. The monoisotopic (exact) mass is 386 g/mol. The SMILES string of the molecule is Cl.N[C@H](CO)C(=O)N1CCc2cc(C#Cc3ccc(CO)cc3)ccc2C1. The molecule has 1 aliphatic rings. The highest BCUT2D eigenvalue weighted by Crippen LogP contribution is 2.20. The molecule has 1 atom stereocenters. The van der Waals surface area contributed by atoms with Crippen LogP contribution in [0.2, 0.25) is 0 Å². The molecule has 5 nitrogen and oxygen atoms in total. The zero-order valence-corrected chi connectivity index (χ0v) is 15.7. The molecule has 2 aromatic carbocycles. The van der Waals surface area contributed by atoms with Gasteiger partial charge in [-0.05, 0) is 47.4 Å². The molecular formula is C21H23ClN2O3. The van der Waals surface area contributed by atoms with Crippen molar-refractivity contribution in [2.45, 2.75) is 25.6 Å². The molecule has 1 amide bonds. The van der Waals surface area contributed by atoms with Crippen LogP contribution < -0.4 is 5.73 Å². The van der Waals surface area contributed by atoms with E-state index >= 15 is 0 Å². The third-order valence-electron chi connectivity index (χ3n) is 4.53. The number of hydrogen-bond donors (Lipinski definition) is 3. The summed E-state index contributed by atoms with van der Waals surface area (Å²) in [5, 5.41) is 18.1. The third kappa shape index (κ3) is 5.09. The predicted octanol–water partition coefficient (Wildman–Crippen LogP) is 1.20. The van der Waals surface area contributed by atoms with Gasteiger partial charge >= 0.3 is 0 Å². The van der Waals surface area contributed by atoms with Crippen molar-refractivity contribution < 1.29 is 15.0 Å². The predicted molar refractivity (Wildman–Crippen MR) is 106 cm³/mol. The first-order valence-electron chi connectivity index (χ1n) is 8.59. The highest BCUT2D eigenvalue weighted by molar-refractivity contribution is 5.85. The van der Waals surface area contributed by atoms with Gasteiger partial charge < -0.3 is 20.8 Å². The van der Waals surface area contributed by atoms with Crippen molar-refractivity contribution >= 4 is 18.3 Å². The topological polar surface area (TPSA) is 86.8 Å².